The van der Waals surface area contributed by atoms with Gasteiger partial charge in [-0.25, -0.2) is 4.57 Å². The average molecular weight is 217 g/mol. The zero-order chi connectivity index (χ0) is 9.99. The fraction of sp³-hybridized carbons (Fsp3) is 1.00. The standard InChI is InChI=1S/C6H14ClO4P/c1-5(7)10-12(8,9)11-6(2,3)4/h5H,1-4H3,(H,8,9). The molecule has 2 atom stereocenters. The second-order valence-corrected chi connectivity index (χ2v) is 5.27. The highest BCUT2D eigenvalue weighted by Crippen LogP contribution is 2.48. The Morgan fingerprint density at radius 3 is 2.17 bits per heavy atom. The highest BCUT2D eigenvalue weighted by Gasteiger charge is 2.30. The van der Waals surface area contributed by atoms with Crippen molar-refractivity contribution >= 4 is 19.4 Å². The molecule has 12 heavy (non-hydrogen) atoms. The maximum Gasteiger partial charge on any atom is 0.474 e. The Kier molecular flexibility index (Phi) is 4.21. The van der Waals surface area contributed by atoms with E-state index in [1.165, 1.54) is 6.92 Å². The molecule has 0 aromatic rings. The molecule has 0 aliphatic carbocycles. The van der Waals surface area contributed by atoms with Crippen LogP contribution in [0.25, 0.3) is 0 Å². The first-order chi connectivity index (χ1) is 5.12. The van der Waals surface area contributed by atoms with Crippen LogP contribution in [0.5, 0.6) is 0 Å². The summed E-state index contributed by atoms with van der Waals surface area (Å²) >= 11 is 5.36. The van der Waals surface area contributed by atoms with Crippen LogP contribution in [-0.4, -0.2) is 16.1 Å². The maximum absolute atomic E-state index is 11.1. The summed E-state index contributed by atoms with van der Waals surface area (Å²) in [5, 5.41) is 0. The molecule has 0 radical (unpaired) electrons. The fourth-order valence-electron chi connectivity index (χ4n) is 0.551. The third-order valence-electron chi connectivity index (χ3n) is 0.668. The summed E-state index contributed by atoms with van der Waals surface area (Å²) in [7, 11) is -4.00. The third kappa shape index (κ3) is 7.07. The minimum absolute atomic E-state index is 0.726. The fourth-order valence-corrected chi connectivity index (χ4v) is 1.96. The van der Waals surface area contributed by atoms with Gasteiger partial charge >= 0.3 is 7.82 Å². The Morgan fingerprint density at radius 2 is 1.92 bits per heavy atom. The summed E-state index contributed by atoms with van der Waals surface area (Å²) in [5.74, 6) is 0. The maximum atomic E-state index is 11.1. The Balaban J connectivity index is 4.15. The van der Waals surface area contributed by atoms with E-state index in [2.05, 4.69) is 4.52 Å². The van der Waals surface area contributed by atoms with Gasteiger partial charge in [-0.1, -0.05) is 11.6 Å². The van der Waals surface area contributed by atoms with Crippen LogP contribution in [0.2, 0.25) is 0 Å². The van der Waals surface area contributed by atoms with E-state index in [0.717, 1.165) is 0 Å². The smallest absolute Gasteiger partial charge is 0.302 e. The van der Waals surface area contributed by atoms with E-state index >= 15 is 0 Å². The summed E-state index contributed by atoms with van der Waals surface area (Å²) in [5.41, 5.74) is -1.57. The van der Waals surface area contributed by atoms with Gasteiger partial charge in [0.1, 0.15) is 5.56 Å². The van der Waals surface area contributed by atoms with Gasteiger partial charge in [-0.05, 0) is 27.7 Å². The molecule has 0 aromatic carbocycles. The summed E-state index contributed by atoms with van der Waals surface area (Å²) in [6.45, 7) is 6.39. The first-order valence-corrected chi connectivity index (χ1v) is 5.41. The lowest BCUT2D eigenvalue weighted by molar-refractivity contribution is 0.0586. The minimum Gasteiger partial charge on any atom is -0.302 e. The molecule has 0 saturated carbocycles. The van der Waals surface area contributed by atoms with Crippen LogP contribution < -0.4 is 0 Å². The second kappa shape index (κ2) is 4.07. The van der Waals surface area contributed by atoms with Crippen LogP contribution in [0.15, 0.2) is 0 Å². The number of halogens is 1. The highest BCUT2D eigenvalue weighted by molar-refractivity contribution is 7.47. The lowest BCUT2D eigenvalue weighted by Gasteiger charge is -2.23. The van der Waals surface area contributed by atoms with Crippen LogP contribution in [-0.2, 0) is 13.6 Å². The number of phosphoric acid groups is 1. The van der Waals surface area contributed by atoms with Crippen LogP contribution in [0.3, 0.4) is 0 Å². The molecule has 0 amide bonds. The highest BCUT2D eigenvalue weighted by atomic mass is 35.5. The van der Waals surface area contributed by atoms with Crippen molar-refractivity contribution < 1.29 is 18.5 Å². The minimum atomic E-state index is -4.00. The van der Waals surface area contributed by atoms with E-state index < -0.39 is 19.0 Å². The Hall–Kier alpha value is 0.400. The molecule has 0 aliphatic rings. The topological polar surface area (TPSA) is 55.8 Å². The third-order valence-corrected chi connectivity index (χ3v) is 2.24. The van der Waals surface area contributed by atoms with Crippen LogP contribution >= 0.6 is 19.4 Å². The van der Waals surface area contributed by atoms with Gasteiger partial charge in [0, 0.05) is 0 Å². The SMILES string of the molecule is CC(Cl)OP(=O)(O)OC(C)(C)C. The first kappa shape index (κ1) is 12.4. The van der Waals surface area contributed by atoms with Gasteiger partial charge in [0.05, 0.1) is 5.60 Å². The molecule has 0 spiro atoms. The van der Waals surface area contributed by atoms with Crippen molar-refractivity contribution in [3.8, 4) is 0 Å². The molecular weight excluding hydrogens is 202 g/mol. The van der Waals surface area contributed by atoms with Gasteiger partial charge in [-0.15, -0.1) is 0 Å². The van der Waals surface area contributed by atoms with Crippen molar-refractivity contribution in [3.05, 3.63) is 0 Å². The van der Waals surface area contributed by atoms with Crippen molar-refractivity contribution in [1.82, 2.24) is 0 Å². The van der Waals surface area contributed by atoms with Gasteiger partial charge in [-0.2, -0.15) is 0 Å². The predicted molar refractivity (Wildman–Crippen MR) is 47.1 cm³/mol. The molecule has 6 heteroatoms. The van der Waals surface area contributed by atoms with Gasteiger partial charge in [0.2, 0.25) is 0 Å². The van der Waals surface area contributed by atoms with Crippen molar-refractivity contribution in [3.63, 3.8) is 0 Å². The Morgan fingerprint density at radius 1 is 1.50 bits per heavy atom. The van der Waals surface area contributed by atoms with Crippen molar-refractivity contribution in [2.75, 3.05) is 0 Å². The van der Waals surface area contributed by atoms with Crippen molar-refractivity contribution in [2.24, 2.45) is 0 Å². The largest absolute Gasteiger partial charge is 0.474 e. The van der Waals surface area contributed by atoms with Crippen molar-refractivity contribution in [2.45, 2.75) is 38.9 Å². The molecular formula is C6H14ClO4P. The molecule has 2 unspecified atom stereocenters. The average Bonchev–Trinajstić information content (AvgIpc) is 1.48. The first-order valence-electron chi connectivity index (χ1n) is 3.48. The molecule has 0 aromatic heterocycles. The normalized spacial score (nSPS) is 20.2. The van der Waals surface area contributed by atoms with E-state index in [9.17, 15) is 4.57 Å². The van der Waals surface area contributed by atoms with Gasteiger partial charge in [0.15, 0.2) is 0 Å². The number of alkyl halides is 1. The molecule has 0 fully saturated rings. The van der Waals surface area contributed by atoms with Gasteiger partial charge < -0.3 is 4.89 Å². The number of hydrogen-bond donors (Lipinski definition) is 1. The van der Waals surface area contributed by atoms with E-state index in [0.29, 0.717) is 0 Å². The second-order valence-electron chi connectivity index (χ2n) is 3.32. The molecule has 0 bridgehead atoms. The molecule has 74 valence electrons. The molecule has 0 saturated heterocycles. The van der Waals surface area contributed by atoms with Gasteiger partial charge in [0.25, 0.3) is 0 Å². The van der Waals surface area contributed by atoms with Crippen LogP contribution in [0.4, 0.5) is 0 Å². The van der Waals surface area contributed by atoms with Gasteiger partial charge in [-0.3, -0.25) is 9.05 Å². The molecule has 1 N–H and O–H groups in total. The summed E-state index contributed by atoms with van der Waals surface area (Å²) in [6.07, 6.45) is 0. The van der Waals surface area contributed by atoms with Crippen LogP contribution in [0.1, 0.15) is 27.7 Å². The molecule has 0 heterocycles. The number of phosphoric ester groups is 1. The summed E-state index contributed by atoms with van der Waals surface area (Å²) in [6, 6.07) is 0. The Labute approximate surface area is 77.4 Å². The van der Waals surface area contributed by atoms with E-state index in [4.69, 9.17) is 21.0 Å². The quantitative estimate of drug-likeness (QED) is 0.582. The monoisotopic (exact) mass is 216 g/mol. The van der Waals surface area contributed by atoms with E-state index in [1.54, 1.807) is 20.8 Å². The Bertz CT molecular complexity index is 186. The summed E-state index contributed by atoms with van der Waals surface area (Å²) < 4.78 is 20.3. The lowest BCUT2D eigenvalue weighted by Crippen LogP contribution is -2.18. The molecule has 0 aliphatic heterocycles. The zero-order valence-corrected chi connectivity index (χ0v) is 9.22. The predicted octanol–water partition coefficient (Wildman–Crippen LogP) is 2.50. The molecule has 0 rings (SSSR count). The number of hydrogen-bond acceptors (Lipinski definition) is 3. The molecule has 4 nitrogen and oxygen atoms in total. The van der Waals surface area contributed by atoms with Crippen molar-refractivity contribution in [1.29, 1.82) is 0 Å². The van der Waals surface area contributed by atoms with E-state index in [1.807, 2.05) is 0 Å². The number of rotatable bonds is 3. The summed E-state index contributed by atoms with van der Waals surface area (Å²) in [4.78, 5) is 9.05. The lowest BCUT2D eigenvalue weighted by atomic mass is 10.2. The zero-order valence-electron chi connectivity index (χ0n) is 7.57. The van der Waals surface area contributed by atoms with Crippen LogP contribution in [0, 0.1) is 0 Å². The van der Waals surface area contributed by atoms with E-state index in [-0.39, 0.29) is 0 Å².